The molecule has 1 unspecified atom stereocenters. The van der Waals surface area contributed by atoms with E-state index in [0.29, 0.717) is 16.0 Å². The van der Waals surface area contributed by atoms with Crippen molar-refractivity contribution in [2.75, 3.05) is 14.2 Å². The van der Waals surface area contributed by atoms with Crippen molar-refractivity contribution in [1.29, 1.82) is 0 Å². The van der Waals surface area contributed by atoms with E-state index in [9.17, 15) is 13.6 Å². The topological polar surface area (TPSA) is 47.6 Å². The molecule has 24 heavy (non-hydrogen) atoms. The largest absolute Gasteiger partial charge is 0.497 e. The van der Waals surface area contributed by atoms with Gasteiger partial charge in [0.1, 0.15) is 23.1 Å². The molecular formula is C17H16BrF2NO3. The normalized spacial score (nSPS) is 11.8. The lowest BCUT2D eigenvalue weighted by Gasteiger charge is -2.17. The maximum atomic E-state index is 13.8. The Morgan fingerprint density at radius 2 is 1.88 bits per heavy atom. The minimum atomic E-state index is -0.721. The molecular weight excluding hydrogens is 384 g/mol. The van der Waals surface area contributed by atoms with Crippen LogP contribution in [0.4, 0.5) is 8.78 Å². The van der Waals surface area contributed by atoms with Gasteiger partial charge in [0.25, 0.3) is 5.91 Å². The molecule has 2 rings (SSSR count). The van der Waals surface area contributed by atoms with Crippen LogP contribution >= 0.6 is 15.9 Å². The average Bonchev–Trinajstić information content (AvgIpc) is 2.53. The number of ether oxygens (including phenoxy) is 2. The number of halogens is 3. The van der Waals surface area contributed by atoms with Crippen LogP contribution in [0.5, 0.6) is 11.5 Å². The highest BCUT2D eigenvalue weighted by Gasteiger charge is 2.20. The van der Waals surface area contributed by atoms with Gasteiger partial charge in [0.15, 0.2) is 0 Å². The van der Waals surface area contributed by atoms with Gasteiger partial charge in [0, 0.05) is 11.6 Å². The second kappa shape index (κ2) is 7.61. The number of carbonyl (C=O) groups is 1. The summed E-state index contributed by atoms with van der Waals surface area (Å²) in [5, 5.41) is 2.67. The van der Waals surface area contributed by atoms with E-state index in [1.807, 2.05) is 0 Å². The predicted octanol–water partition coefficient (Wildman–Crippen LogP) is 4.24. The molecule has 0 heterocycles. The van der Waals surface area contributed by atoms with E-state index in [-0.39, 0.29) is 11.1 Å². The molecule has 0 spiro atoms. The highest BCUT2D eigenvalue weighted by Crippen LogP contribution is 2.34. The van der Waals surface area contributed by atoms with E-state index in [1.54, 1.807) is 13.0 Å². The van der Waals surface area contributed by atoms with Gasteiger partial charge in [-0.15, -0.1) is 0 Å². The zero-order chi connectivity index (χ0) is 17.9. The molecule has 2 aromatic carbocycles. The molecule has 2 aromatic rings. The van der Waals surface area contributed by atoms with Crippen molar-refractivity contribution in [3.8, 4) is 11.5 Å². The van der Waals surface area contributed by atoms with Crippen LogP contribution in [0.2, 0.25) is 0 Å². The van der Waals surface area contributed by atoms with Gasteiger partial charge in [-0.05, 0) is 41.1 Å². The molecule has 128 valence electrons. The fraction of sp³-hybridized carbons (Fsp3) is 0.235. The van der Waals surface area contributed by atoms with Crippen molar-refractivity contribution in [1.82, 2.24) is 5.32 Å². The quantitative estimate of drug-likeness (QED) is 0.817. The van der Waals surface area contributed by atoms with Gasteiger partial charge in [-0.2, -0.15) is 0 Å². The molecule has 0 radical (unpaired) electrons. The Balaban J connectivity index is 2.30. The van der Waals surface area contributed by atoms with Crippen molar-refractivity contribution in [3.63, 3.8) is 0 Å². The second-order valence-corrected chi connectivity index (χ2v) is 5.91. The van der Waals surface area contributed by atoms with Crippen LogP contribution in [0.1, 0.15) is 28.9 Å². The minimum Gasteiger partial charge on any atom is -0.497 e. The van der Waals surface area contributed by atoms with Crippen LogP contribution in [0.25, 0.3) is 0 Å². The molecule has 0 aliphatic rings. The highest BCUT2D eigenvalue weighted by atomic mass is 79.9. The molecule has 4 nitrogen and oxygen atoms in total. The van der Waals surface area contributed by atoms with E-state index >= 15 is 0 Å². The summed E-state index contributed by atoms with van der Waals surface area (Å²) in [5.74, 6) is -1.06. The van der Waals surface area contributed by atoms with Crippen molar-refractivity contribution >= 4 is 21.8 Å². The summed E-state index contributed by atoms with van der Waals surface area (Å²) in [4.78, 5) is 12.5. The molecule has 1 atom stereocenters. The molecule has 7 heteroatoms. The van der Waals surface area contributed by atoms with Gasteiger partial charge in [-0.1, -0.05) is 6.07 Å². The van der Waals surface area contributed by atoms with Crippen molar-refractivity contribution in [2.45, 2.75) is 13.0 Å². The second-order valence-electron chi connectivity index (χ2n) is 5.05. The van der Waals surface area contributed by atoms with Crippen LogP contribution in [-0.2, 0) is 0 Å². The first-order valence-electron chi connectivity index (χ1n) is 7.04. The third kappa shape index (κ3) is 3.84. The van der Waals surface area contributed by atoms with Gasteiger partial charge >= 0.3 is 0 Å². The lowest BCUT2D eigenvalue weighted by molar-refractivity contribution is 0.0936. The lowest BCUT2D eigenvalue weighted by Crippen LogP contribution is -2.27. The maximum absolute atomic E-state index is 13.8. The summed E-state index contributed by atoms with van der Waals surface area (Å²) >= 11 is 3.31. The first-order chi connectivity index (χ1) is 11.4. The molecule has 0 aliphatic carbocycles. The van der Waals surface area contributed by atoms with E-state index in [2.05, 4.69) is 21.2 Å². The predicted molar refractivity (Wildman–Crippen MR) is 89.5 cm³/mol. The molecule has 0 aromatic heterocycles. The van der Waals surface area contributed by atoms with E-state index in [1.165, 1.54) is 26.4 Å². The Morgan fingerprint density at radius 3 is 2.46 bits per heavy atom. The van der Waals surface area contributed by atoms with Gasteiger partial charge in [-0.25, -0.2) is 8.78 Å². The monoisotopic (exact) mass is 399 g/mol. The third-order valence-corrected chi connectivity index (χ3v) is 4.07. The number of rotatable bonds is 5. The first-order valence-corrected chi connectivity index (χ1v) is 7.84. The Morgan fingerprint density at radius 1 is 1.17 bits per heavy atom. The Hall–Kier alpha value is -2.15. The number of hydrogen-bond donors (Lipinski definition) is 1. The summed E-state index contributed by atoms with van der Waals surface area (Å²) in [5.41, 5.74) is 0.420. The van der Waals surface area contributed by atoms with Gasteiger partial charge in [0.05, 0.1) is 30.3 Å². The molecule has 0 fully saturated rings. The number of nitrogens with one attached hydrogen (secondary N) is 1. The maximum Gasteiger partial charge on any atom is 0.255 e. The van der Waals surface area contributed by atoms with E-state index in [0.717, 1.165) is 12.1 Å². The highest BCUT2D eigenvalue weighted by molar-refractivity contribution is 9.10. The Kier molecular flexibility index (Phi) is 5.77. The molecule has 1 N–H and O–H groups in total. The molecule has 0 saturated carbocycles. The number of amides is 1. The van der Waals surface area contributed by atoms with Crippen molar-refractivity contribution < 1.29 is 23.0 Å². The lowest BCUT2D eigenvalue weighted by atomic mass is 10.1. The van der Waals surface area contributed by atoms with Crippen molar-refractivity contribution in [2.24, 2.45) is 0 Å². The standard InChI is InChI=1S/C17H16BrF2NO3/c1-9(12-5-4-10(19)6-15(12)20)21-17(22)13-7-11(23-2)8-14(18)16(13)24-3/h4-9H,1-3H3,(H,21,22). The third-order valence-electron chi connectivity index (χ3n) is 3.48. The fourth-order valence-corrected chi connectivity index (χ4v) is 2.87. The molecule has 0 saturated heterocycles. The summed E-state index contributed by atoms with van der Waals surface area (Å²) in [6.45, 7) is 1.61. The molecule has 0 bridgehead atoms. The number of benzene rings is 2. The molecule has 1 amide bonds. The van der Waals surface area contributed by atoms with Crippen LogP contribution < -0.4 is 14.8 Å². The van der Waals surface area contributed by atoms with E-state index < -0.39 is 23.6 Å². The summed E-state index contributed by atoms with van der Waals surface area (Å²) in [6, 6.07) is 5.75. The number of methoxy groups -OCH3 is 2. The van der Waals surface area contributed by atoms with Crippen LogP contribution in [-0.4, -0.2) is 20.1 Å². The fourth-order valence-electron chi connectivity index (χ4n) is 2.27. The Labute approximate surface area is 146 Å². The van der Waals surface area contributed by atoms with E-state index in [4.69, 9.17) is 9.47 Å². The summed E-state index contributed by atoms with van der Waals surface area (Å²) < 4.78 is 37.8. The zero-order valence-electron chi connectivity index (χ0n) is 13.3. The summed E-state index contributed by atoms with van der Waals surface area (Å²) in [7, 11) is 2.92. The van der Waals surface area contributed by atoms with Crippen LogP contribution in [0.15, 0.2) is 34.8 Å². The first kappa shape index (κ1) is 18.2. The SMILES string of the molecule is COc1cc(Br)c(OC)c(C(=O)NC(C)c2ccc(F)cc2F)c1. The minimum absolute atomic E-state index is 0.186. The number of carbonyl (C=O) groups excluding carboxylic acids is 1. The van der Waals surface area contributed by atoms with Crippen LogP contribution in [0.3, 0.4) is 0 Å². The Bertz CT molecular complexity index is 768. The molecule has 0 aliphatic heterocycles. The van der Waals surface area contributed by atoms with Crippen LogP contribution in [0, 0.1) is 11.6 Å². The zero-order valence-corrected chi connectivity index (χ0v) is 14.9. The smallest absolute Gasteiger partial charge is 0.255 e. The number of hydrogen-bond acceptors (Lipinski definition) is 3. The van der Waals surface area contributed by atoms with Gasteiger partial charge in [0.2, 0.25) is 0 Å². The summed E-state index contributed by atoms with van der Waals surface area (Å²) in [6.07, 6.45) is 0. The van der Waals surface area contributed by atoms with Gasteiger partial charge < -0.3 is 14.8 Å². The van der Waals surface area contributed by atoms with Crippen molar-refractivity contribution in [3.05, 3.63) is 57.6 Å². The van der Waals surface area contributed by atoms with Gasteiger partial charge in [-0.3, -0.25) is 4.79 Å². The average molecular weight is 400 g/mol.